The third kappa shape index (κ3) is 6.94. The van der Waals surface area contributed by atoms with Crippen molar-refractivity contribution in [1.82, 2.24) is 14.9 Å². The summed E-state index contributed by atoms with van der Waals surface area (Å²) in [5, 5.41) is 3.85. The number of aromatic nitrogens is 2. The number of hydrogen-bond donors (Lipinski definition) is 1. The van der Waals surface area contributed by atoms with Gasteiger partial charge in [-0.05, 0) is 87.0 Å². The quantitative estimate of drug-likeness (QED) is 0.168. The molecule has 0 aliphatic heterocycles. The van der Waals surface area contributed by atoms with Crippen LogP contribution in [0.1, 0.15) is 30.8 Å². The molecule has 0 saturated heterocycles. The van der Waals surface area contributed by atoms with Crippen molar-refractivity contribution in [3.05, 3.63) is 77.6 Å². The molecule has 0 aliphatic carbocycles. The molecule has 192 valence electrons. The molecule has 0 fully saturated rings. The fourth-order valence-electron chi connectivity index (χ4n) is 4.03. The molecule has 8 heteroatoms. The second kappa shape index (κ2) is 12.6. The maximum atomic E-state index is 12.6. The molecular weight excluding hydrogens is 517 g/mol. The van der Waals surface area contributed by atoms with Crippen LogP contribution >= 0.6 is 34.9 Å². The number of aryl methyl sites for hydroxylation is 2. The average Bonchev–Trinajstić information content (AvgIpc) is 3.32. The maximum absolute atomic E-state index is 12.6. The number of carbonyl (C=O) groups excluding carboxylic acids is 1. The van der Waals surface area contributed by atoms with Crippen molar-refractivity contribution in [2.24, 2.45) is 0 Å². The van der Waals surface area contributed by atoms with Gasteiger partial charge in [0.15, 0.2) is 5.16 Å². The van der Waals surface area contributed by atoms with E-state index in [0.717, 1.165) is 33.5 Å². The van der Waals surface area contributed by atoms with Gasteiger partial charge in [0.05, 0.1) is 0 Å². The van der Waals surface area contributed by atoms with Crippen molar-refractivity contribution in [3.8, 4) is 20.9 Å². The highest BCUT2D eigenvalue weighted by atomic mass is 32.2. The molecule has 0 unspecified atom stereocenters. The predicted molar refractivity (Wildman–Crippen MR) is 160 cm³/mol. The van der Waals surface area contributed by atoms with E-state index in [0.29, 0.717) is 13.1 Å². The molecule has 2 aromatic carbocycles. The fraction of sp³-hybridized carbons (Fsp3) is 0.276. The lowest BCUT2D eigenvalue weighted by Crippen LogP contribution is -2.34. The minimum absolute atomic E-state index is 0.0755. The van der Waals surface area contributed by atoms with Crippen LogP contribution in [0.2, 0.25) is 0 Å². The van der Waals surface area contributed by atoms with Gasteiger partial charge in [0.25, 0.3) is 0 Å². The maximum Gasteiger partial charge on any atom is 0.321 e. The predicted octanol–water partition coefficient (Wildman–Crippen LogP) is 8.38. The van der Waals surface area contributed by atoms with Crippen molar-refractivity contribution in [2.45, 2.75) is 43.5 Å². The van der Waals surface area contributed by atoms with Gasteiger partial charge in [-0.15, -0.1) is 23.1 Å². The monoisotopic (exact) mass is 548 g/mol. The van der Waals surface area contributed by atoms with Gasteiger partial charge in [-0.3, -0.25) is 0 Å². The van der Waals surface area contributed by atoms with Crippen molar-refractivity contribution in [2.75, 3.05) is 24.7 Å². The largest absolute Gasteiger partial charge is 0.325 e. The normalized spacial score (nSPS) is 10.9. The molecule has 0 atom stereocenters. The number of amides is 2. The van der Waals surface area contributed by atoms with E-state index in [-0.39, 0.29) is 6.03 Å². The van der Waals surface area contributed by atoms with Crippen molar-refractivity contribution in [3.63, 3.8) is 0 Å². The molecular formula is C29H32N4OS3. The Hall–Kier alpha value is -2.81. The lowest BCUT2D eigenvalue weighted by Gasteiger charge is -2.19. The van der Waals surface area contributed by atoms with E-state index in [1.165, 1.54) is 25.8 Å². The standard InChI is InChI=1S/C29H32N4OS3/c1-6-33(7-2)29(34)32-24-10-8-9-22(16-24)26-17-23(18-36-28-30-19(3)15-20(4)31-28)27(37-26)21-11-13-25(35-5)14-12-21/h8-17H,6-7,18H2,1-5H3,(H,32,34). The van der Waals surface area contributed by atoms with Gasteiger partial charge in [-0.1, -0.05) is 36.0 Å². The minimum atomic E-state index is -0.0755. The summed E-state index contributed by atoms with van der Waals surface area (Å²) in [5.41, 5.74) is 6.31. The topological polar surface area (TPSA) is 58.1 Å². The molecule has 4 aromatic rings. The second-order valence-electron chi connectivity index (χ2n) is 8.60. The molecule has 2 amide bonds. The summed E-state index contributed by atoms with van der Waals surface area (Å²) in [7, 11) is 0. The molecule has 0 bridgehead atoms. The van der Waals surface area contributed by atoms with E-state index >= 15 is 0 Å². The third-order valence-electron chi connectivity index (χ3n) is 5.93. The molecule has 0 saturated carbocycles. The summed E-state index contributed by atoms with van der Waals surface area (Å²) in [5.74, 6) is 0.775. The highest BCUT2D eigenvalue weighted by Gasteiger charge is 2.15. The zero-order chi connectivity index (χ0) is 26.4. The number of anilines is 1. The van der Waals surface area contributed by atoms with E-state index < -0.39 is 0 Å². The average molecular weight is 549 g/mol. The first-order chi connectivity index (χ1) is 17.9. The van der Waals surface area contributed by atoms with Gasteiger partial charge < -0.3 is 10.2 Å². The van der Waals surface area contributed by atoms with Crippen LogP contribution in [0.3, 0.4) is 0 Å². The van der Waals surface area contributed by atoms with Crippen LogP contribution in [0.15, 0.2) is 70.7 Å². The zero-order valence-electron chi connectivity index (χ0n) is 21.9. The van der Waals surface area contributed by atoms with Gasteiger partial charge in [-0.2, -0.15) is 0 Å². The van der Waals surface area contributed by atoms with Gasteiger partial charge >= 0.3 is 6.03 Å². The summed E-state index contributed by atoms with van der Waals surface area (Å²) < 4.78 is 0. The molecule has 0 spiro atoms. The summed E-state index contributed by atoms with van der Waals surface area (Å²) in [4.78, 5) is 27.3. The molecule has 2 heterocycles. The van der Waals surface area contributed by atoms with E-state index in [2.05, 4.69) is 64.0 Å². The molecule has 0 aliphatic rings. The van der Waals surface area contributed by atoms with Crippen LogP contribution in [0.5, 0.6) is 0 Å². The lowest BCUT2D eigenvalue weighted by atomic mass is 10.1. The van der Waals surface area contributed by atoms with Crippen molar-refractivity contribution >= 4 is 46.6 Å². The Bertz CT molecular complexity index is 1340. The number of hydrogen-bond acceptors (Lipinski definition) is 6. The molecule has 0 radical (unpaired) electrons. The first-order valence-electron chi connectivity index (χ1n) is 12.3. The Morgan fingerprint density at radius 2 is 1.65 bits per heavy atom. The van der Waals surface area contributed by atoms with Gasteiger partial charge in [0, 0.05) is 50.6 Å². The number of urea groups is 1. The van der Waals surface area contributed by atoms with Crippen LogP contribution in [0.4, 0.5) is 10.5 Å². The molecule has 4 rings (SSSR count). The van der Waals surface area contributed by atoms with Crippen LogP contribution in [-0.4, -0.2) is 40.2 Å². The minimum Gasteiger partial charge on any atom is -0.325 e. The Balaban J connectivity index is 1.66. The molecule has 37 heavy (non-hydrogen) atoms. The lowest BCUT2D eigenvalue weighted by molar-refractivity contribution is 0.217. The first kappa shape index (κ1) is 27.2. The number of nitrogens with zero attached hydrogens (tertiary/aromatic N) is 3. The molecule has 2 aromatic heterocycles. The van der Waals surface area contributed by atoms with E-state index in [9.17, 15) is 4.79 Å². The molecule has 1 N–H and O–H groups in total. The highest BCUT2D eigenvalue weighted by Crippen LogP contribution is 2.41. The van der Waals surface area contributed by atoms with Gasteiger partial charge in [0.1, 0.15) is 0 Å². The third-order valence-corrected chi connectivity index (χ3v) is 8.84. The van der Waals surface area contributed by atoms with Crippen LogP contribution in [-0.2, 0) is 5.75 Å². The zero-order valence-corrected chi connectivity index (χ0v) is 24.3. The smallest absolute Gasteiger partial charge is 0.321 e. The van der Waals surface area contributed by atoms with Crippen LogP contribution < -0.4 is 5.32 Å². The van der Waals surface area contributed by atoms with Gasteiger partial charge in [-0.25, -0.2) is 14.8 Å². The van der Waals surface area contributed by atoms with Gasteiger partial charge in [0.2, 0.25) is 0 Å². The van der Waals surface area contributed by atoms with Crippen LogP contribution in [0.25, 0.3) is 20.9 Å². The van der Waals surface area contributed by atoms with E-state index in [1.54, 1.807) is 39.8 Å². The number of thiophene rings is 1. The summed E-state index contributed by atoms with van der Waals surface area (Å²) in [6.07, 6.45) is 2.09. The van der Waals surface area contributed by atoms with Crippen molar-refractivity contribution in [1.29, 1.82) is 0 Å². The Morgan fingerprint density at radius 1 is 0.946 bits per heavy atom. The van der Waals surface area contributed by atoms with Crippen molar-refractivity contribution < 1.29 is 4.79 Å². The SMILES string of the molecule is CCN(CC)C(=O)Nc1cccc(-c2cc(CSc3nc(C)cc(C)n3)c(-c3ccc(SC)cc3)s2)c1. The number of thioether (sulfide) groups is 2. The Kier molecular flexibility index (Phi) is 9.29. The Labute approximate surface area is 232 Å². The fourth-order valence-corrected chi connectivity index (χ4v) is 6.64. The summed E-state index contributed by atoms with van der Waals surface area (Å²) in [6.45, 7) is 9.34. The first-order valence-corrected chi connectivity index (χ1v) is 15.3. The number of benzene rings is 2. The molecule has 5 nitrogen and oxygen atoms in total. The number of rotatable bonds is 9. The van der Waals surface area contributed by atoms with Crippen LogP contribution in [0, 0.1) is 13.8 Å². The highest BCUT2D eigenvalue weighted by molar-refractivity contribution is 7.98. The summed E-state index contributed by atoms with van der Waals surface area (Å²) in [6, 6.07) is 21.0. The number of nitrogens with one attached hydrogen (secondary N) is 1. The van der Waals surface area contributed by atoms with E-state index in [4.69, 9.17) is 0 Å². The summed E-state index contributed by atoms with van der Waals surface area (Å²) >= 11 is 5.19. The number of carbonyl (C=O) groups is 1. The second-order valence-corrected chi connectivity index (χ2v) is 11.5. The van der Waals surface area contributed by atoms with E-state index in [1.807, 2.05) is 45.9 Å². The Morgan fingerprint density at radius 3 is 2.30 bits per heavy atom.